The van der Waals surface area contributed by atoms with E-state index >= 15 is 0 Å². The van der Waals surface area contributed by atoms with E-state index in [4.69, 9.17) is 9.47 Å². The van der Waals surface area contributed by atoms with Crippen molar-refractivity contribution in [2.24, 2.45) is 5.10 Å². The van der Waals surface area contributed by atoms with E-state index < -0.39 is 10.0 Å². The number of nitrogens with zero attached hydrogens (tertiary/aromatic N) is 1. The minimum atomic E-state index is -3.82. The van der Waals surface area contributed by atoms with Gasteiger partial charge < -0.3 is 9.47 Å². The number of sulfonamides is 1. The lowest BCUT2D eigenvalue weighted by molar-refractivity contribution is 0.304. The molecule has 3 aromatic rings. The van der Waals surface area contributed by atoms with Gasteiger partial charge in [-0.2, -0.15) is 18.4 Å². The first-order chi connectivity index (χ1) is 17.9. The Morgan fingerprint density at radius 3 is 1.86 bits per heavy atom. The maximum atomic E-state index is 12.9. The molecular weight excluding hydrogens is 484 g/mol. The molecule has 0 fully saturated rings. The Labute approximate surface area is 221 Å². The van der Waals surface area contributed by atoms with E-state index in [0.29, 0.717) is 18.1 Å². The lowest BCUT2D eigenvalue weighted by Gasteiger charge is -2.11. The predicted octanol–water partition coefficient (Wildman–Crippen LogP) is 6.86. The molecule has 0 spiro atoms. The normalized spacial score (nSPS) is 11.8. The van der Waals surface area contributed by atoms with Crippen molar-refractivity contribution in [3.05, 3.63) is 89.5 Å². The topological polar surface area (TPSA) is 77.0 Å². The number of aryl methyl sites for hydroxylation is 1. The van der Waals surface area contributed by atoms with Gasteiger partial charge >= 0.3 is 0 Å². The highest BCUT2D eigenvalue weighted by Gasteiger charge is 2.15. The van der Waals surface area contributed by atoms with E-state index in [-0.39, 0.29) is 4.90 Å². The molecule has 0 bridgehead atoms. The average Bonchev–Trinajstić information content (AvgIpc) is 2.91. The van der Waals surface area contributed by atoms with Crippen LogP contribution in [-0.2, 0) is 10.0 Å². The van der Waals surface area contributed by atoms with Crippen LogP contribution in [0.15, 0.2) is 82.8 Å². The minimum Gasteiger partial charge on any atom is -0.497 e. The van der Waals surface area contributed by atoms with Gasteiger partial charge in [-0.3, -0.25) is 0 Å². The number of hydrogen-bond donors (Lipinski definition) is 1. The first-order valence-corrected chi connectivity index (χ1v) is 14.4. The van der Waals surface area contributed by atoms with Crippen molar-refractivity contribution in [2.45, 2.75) is 63.7 Å². The third kappa shape index (κ3) is 8.93. The van der Waals surface area contributed by atoms with Gasteiger partial charge in [0.15, 0.2) is 0 Å². The Hall–Kier alpha value is -3.32. The summed E-state index contributed by atoms with van der Waals surface area (Å²) in [5.41, 5.74) is 3.00. The maximum absolute atomic E-state index is 12.9. The maximum Gasteiger partial charge on any atom is 0.276 e. The van der Waals surface area contributed by atoms with Crippen molar-refractivity contribution in [2.75, 3.05) is 13.7 Å². The quantitative estimate of drug-likeness (QED) is 0.134. The summed E-state index contributed by atoms with van der Waals surface area (Å²) >= 11 is 0. The third-order valence-corrected chi connectivity index (χ3v) is 7.34. The molecule has 3 aromatic carbocycles. The largest absolute Gasteiger partial charge is 0.497 e. The Kier molecular flexibility index (Phi) is 11.0. The van der Waals surface area contributed by atoms with Gasteiger partial charge in [0.1, 0.15) is 11.5 Å². The Morgan fingerprint density at radius 1 is 0.757 bits per heavy atom. The molecule has 3 rings (SSSR count). The Balaban J connectivity index is 1.71. The first-order valence-electron chi connectivity index (χ1n) is 13.0. The van der Waals surface area contributed by atoms with Crippen LogP contribution < -0.4 is 14.3 Å². The smallest absolute Gasteiger partial charge is 0.276 e. The number of rotatable bonds is 15. The molecule has 1 N–H and O–H groups in total. The zero-order valence-electron chi connectivity index (χ0n) is 22.1. The molecule has 0 saturated heterocycles. The van der Waals surface area contributed by atoms with E-state index in [1.54, 1.807) is 31.4 Å². The summed E-state index contributed by atoms with van der Waals surface area (Å²) in [6.07, 6.45) is 8.66. The molecule has 0 aliphatic rings. The lowest BCUT2D eigenvalue weighted by atomic mass is 10.0. The molecule has 0 amide bonds. The number of ether oxygens (including phenoxy) is 2. The van der Waals surface area contributed by atoms with Crippen LogP contribution in [0.5, 0.6) is 11.5 Å². The third-order valence-electron chi connectivity index (χ3n) is 6.12. The standard InChI is InChI=1S/C30H38N2O4S/c1-4-5-6-7-8-9-10-23-36-28-19-15-26(16-20-28)30(25-13-17-27(35-3)18-14-25)31-32-37(33,34)29-21-11-24(2)12-22-29/h11-22,32H,4-10,23H2,1-3H3/b31-30-. The zero-order valence-corrected chi connectivity index (χ0v) is 22.9. The minimum absolute atomic E-state index is 0.157. The molecule has 198 valence electrons. The fourth-order valence-corrected chi connectivity index (χ4v) is 4.69. The van der Waals surface area contributed by atoms with Crippen molar-refractivity contribution in [1.82, 2.24) is 4.83 Å². The molecule has 37 heavy (non-hydrogen) atoms. The molecule has 0 atom stereocenters. The van der Waals surface area contributed by atoms with Crippen molar-refractivity contribution in [3.63, 3.8) is 0 Å². The van der Waals surface area contributed by atoms with Gasteiger partial charge in [0.25, 0.3) is 10.0 Å². The van der Waals surface area contributed by atoms with Crippen LogP contribution in [0.25, 0.3) is 0 Å². The van der Waals surface area contributed by atoms with Crippen LogP contribution in [0, 0.1) is 6.92 Å². The predicted molar refractivity (Wildman–Crippen MR) is 150 cm³/mol. The number of benzene rings is 3. The van der Waals surface area contributed by atoms with E-state index in [1.807, 2.05) is 55.5 Å². The van der Waals surface area contributed by atoms with Crippen molar-refractivity contribution in [3.8, 4) is 11.5 Å². The fourth-order valence-electron chi connectivity index (χ4n) is 3.88. The van der Waals surface area contributed by atoms with Crippen LogP contribution >= 0.6 is 0 Å². The molecular formula is C30H38N2O4S. The highest BCUT2D eigenvalue weighted by molar-refractivity contribution is 7.89. The van der Waals surface area contributed by atoms with Gasteiger partial charge in [0, 0.05) is 11.1 Å². The van der Waals surface area contributed by atoms with Crippen LogP contribution in [0.1, 0.15) is 68.6 Å². The summed E-state index contributed by atoms with van der Waals surface area (Å²) in [5.74, 6) is 1.49. The fraction of sp³-hybridized carbons (Fsp3) is 0.367. The molecule has 0 unspecified atom stereocenters. The number of hydrazone groups is 1. The monoisotopic (exact) mass is 522 g/mol. The van der Waals surface area contributed by atoms with Crippen molar-refractivity contribution >= 4 is 15.7 Å². The number of unbranched alkanes of at least 4 members (excludes halogenated alkanes) is 6. The van der Waals surface area contributed by atoms with Crippen LogP contribution in [0.2, 0.25) is 0 Å². The van der Waals surface area contributed by atoms with Crippen molar-refractivity contribution < 1.29 is 17.9 Å². The first kappa shape index (κ1) is 28.3. The van der Waals surface area contributed by atoms with Crippen LogP contribution in [-0.4, -0.2) is 27.8 Å². The Morgan fingerprint density at radius 2 is 1.30 bits per heavy atom. The van der Waals surface area contributed by atoms with Crippen LogP contribution in [0.4, 0.5) is 0 Å². The van der Waals surface area contributed by atoms with Gasteiger partial charge in [-0.1, -0.05) is 63.1 Å². The second-order valence-electron chi connectivity index (χ2n) is 9.09. The molecule has 6 nitrogen and oxygen atoms in total. The molecule has 0 aliphatic carbocycles. The average molecular weight is 523 g/mol. The van der Waals surface area contributed by atoms with Gasteiger partial charge in [0.2, 0.25) is 0 Å². The Bertz CT molecular complexity index is 1220. The molecule has 0 saturated carbocycles. The summed E-state index contributed by atoms with van der Waals surface area (Å²) < 4.78 is 36.9. The summed E-state index contributed by atoms with van der Waals surface area (Å²) in [6.45, 7) is 4.82. The van der Waals surface area contributed by atoms with Gasteiger partial charge in [-0.15, -0.1) is 0 Å². The van der Waals surface area contributed by atoms with E-state index in [9.17, 15) is 8.42 Å². The van der Waals surface area contributed by atoms with E-state index in [1.165, 1.54) is 38.5 Å². The summed E-state index contributed by atoms with van der Waals surface area (Å²) in [6, 6.07) is 21.6. The molecule has 0 radical (unpaired) electrons. The lowest BCUT2D eigenvalue weighted by Crippen LogP contribution is -2.21. The number of hydrogen-bond acceptors (Lipinski definition) is 5. The highest BCUT2D eigenvalue weighted by Crippen LogP contribution is 2.20. The van der Waals surface area contributed by atoms with Gasteiger partial charge in [-0.25, -0.2) is 0 Å². The summed E-state index contributed by atoms with van der Waals surface area (Å²) in [5, 5.41) is 4.33. The summed E-state index contributed by atoms with van der Waals surface area (Å²) in [4.78, 5) is 2.56. The molecule has 0 heterocycles. The molecule has 0 aliphatic heterocycles. The van der Waals surface area contributed by atoms with Crippen molar-refractivity contribution in [1.29, 1.82) is 0 Å². The molecule has 7 heteroatoms. The molecule has 0 aromatic heterocycles. The van der Waals surface area contributed by atoms with Gasteiger partial charge in [-0.05, 0) is 74.0 Å². The second kappa shape index (κ2) is 14.4. The second-order valence-corrected chi connectivity index (χ2v) is 10.8. The number of methoxy groups -OCH3 is 1. The summed E-state index contributed by atoms with van der Waals surface area (Å²) in [7, 11) is -2.22. The zero-order chi connectivity index (χ0) is 26.5. The van der Waals surface area contributed by atoms with E-state index in [2.05, 4.69) is 16.9 Å². The highest BCUT2D eigenvalue weighted by atomic mass is 32.2. The SMILES string of the molecule is CCCCCCCCCOc1ccc(/C(=N\NS(=O)(=O)c2ccc(C)cc2)c2ccc(OC)cc2)cc1. The van der Waals surface area contributed by atoms with Gasteiger partial charge in [0.05, 0.1) is 24.3 Å². The van der Waals surface area contributed by atoms with Crippen LogP contribution in [0.3, 0.4) is 0 Å². The van der Waals surface area contributed by atoms with E-state index in [0.717, 1.165) is 28.9 Å². The number of nitrogens with one attached hydrogen (secondary N) is 1.